The Hall–Kier alpha value is -2.75. The summed E-state index contributed by atoms with van der Waals surface area (Å²) in [6, 6.07) is 18.6. The standard InChI is InChI=1S/C21H23N3O/c1-3-24-19-11-7-4-8-16(19)14-20(24)21(25)23-13-12-22(2)18-10-6-5-9-17(18)15-23/h4-11,14H,3,12-13,15H2,1-2H3. The van der Waals surface area contributed by atoms with Crippen molar-refractivity contribution >= 4 is 22.5 Å². The van der Waals surface area contributed by atoms with Crippen molar-refractivity contribution in [1.29, 1.82) is 0 Å². The van der Waals surface area contributed by atoms with E-state index in [4.69, 9.17) is 0 Å². The Bertz CT molecular complexity index is 928. The monoisotopic (exact) mass is 333 g/mol. The number of para-hydroxylation sites is 2. The van der Waals surface area contributed by atoms with Crippen LogP contribution in [0.1, 0.15) is 23.0 Å². The number of aryl methyl sites for hydroxylation is 1. The Morgan fingerprint density at radius 3 is 2.64 bits per heavy atom. The van der Waals surface area contributed by atoms with Crippen molar-refractivity contribution in [1.82, 2.24) is 9.47 Å². The summed E-state index contributed by atoms with van der Waals surface area (Å²) in [6.07, 6.45) is 0. The molecule has 0 atom stereocenters. The number of aromatic nitrogens is 1. The van der Waals surface area contributed by atoms with Gasteiger partial charge in [0.1, 0.15) is 5.69 Å². The summed E-state index contributed by atoms with van der Waals surface area (Å²) >= 11 is 0. The molecular formula is C21H23N3O. The van der Waals surface area contributed by atoms with Crippen LogP contribution in [0.5, 0.6) is 0 Å². The molecule has 4 nitrogen and oxygen atoms in total. The van der Waals surface area contributed by atoms with Crippen LogP contribution in [-0.4, -0.2) is 35.5 Å². The van der Waals surface area contributed by atoms with Crippen LogP contribution in [0.2, 0.25) is 0 Å². The van der Waals surface area contributed by atoms with E-state index in [1.54, 1.807) is 0 Å². The first kappa shape index (κ1) is 15.8. The Balaban J connectivity index is 1.72. The van der Waals surface area contributed by atoms with Crippen molar-refractivity contribution in [2.24, 2.45) is 0 Å². The molecule has 4 heteroatoms. The van der Waals surface area contributed by atoms with Gasteiger partial charge in [0, 0.05) is 49.8 Å². The van der Waals surface area contributed by atoms with Crippen LogP contribution in [0.15, 0.2) is 54.6 Å². The van der Waals surface area contributed by atoms with Gasteiger partial charge in [0.2, 0.25) is 0 Å². The van der Waals surface area contributed by atoms with Crippen molar-refractivity contribution in [3.8, 4) is 0 Å². The van der Waals surface area contributed by atoms with E-state index in [9.17, 15) is 4.79 Å². The highest BCUT2D eigenvalue weighted by Crippen LogP contribution is 2.26. The molecule has 0 N–H and O–H groups in total. The third-order valence-corrected chi connectivity index (χ3v) is 5.10. The van der Waals surface area contributed by atoms with Crippen molar-refractivity contribution in [3.05, 3.63) is 65.9 Å². The van der Waals surface area contributed by atoms with E-state index < -0.39 is 0 Å². The number of fused-ring (bicyclic) bond motifs is 2. The van der Waals surface area contributed by atoms with E-state index in [2.05, 4.69) is 53.8 Å². The van der Waals surface area contributed by atoms with Gasteiger partial charge in [-0.3, -0.25) is 4.79 Å². The second-order valence-corrected chi connectivity index (χ2v) is 6.61. The molecule has 1 aliphatic rings. The lowest BCUT2D eigenvalue weighted by Crippen LogP contribution is -2.35. The third kappa shape index (κ3) is 2.68. The predicted molar refractivity (Wildman–Crippen MR) is 102 cm³/mol. The molecule has 1 aromatic heterocycles. The molecule has 0 bridgehead atoms. The van der Waals surface area contributed by atoms with Crippen LogP contribution in [0.25, 0.3) is 10.9 Å². The molecular weight excluding hydrogens is 310 g/mol. The summed E-state index contributed by atoms with van der Waals surface area (Å²) in [5.74, 6) is 0.114. The minimum atomic E-state index is 0.114. The molecule has 0 saturated heterocycles. The number of carbonyl (C=O) groups is 1. The Morgan fingerprint density at radius 1 is 1.04 bits per heavy atom. The average Bonchev–Trinajstić information content (AvgIpc) is 2.94. The Morgan fingerprint density at radius 2 is 1.80 bits per heavy atom. The van der Waals surface area contributed by atoms with Gasteiger partial charge in [0.05, 0.1) is 0 Å². The topological polar surface area (TPSA) is 28.5 Å². The van der Waals surface area contributed by atoms with E-state index in [1.807, 2.05) is 29.2 Å². The van der Waals surface area contributed by atoms with Crippen LogP contribution in [0, 0.1) is 0 Å². The van der Waals surface area contributed by atoms with Gasteiger partial charge in [-0.25, -0.2) is 0 Å². The van der Waals surface area contributed by atoms with E-state index in [0.29, 0.717) is 6.54 Å². The summed E-state index contributed by atoms with van der Waals surface area (Å²) in [5.41, 5.74) is 4.33. The lowest BCUT2D eigenvalue weighted by molar-refractivity contribution is 0.0741. The van der Waals surface area contributed by atoms with Crippen molar-refractivity contribution in [2.75, 3.05) is 25.0 Å². The fourth-order valence-electron chi connectivity index (χ4n) is 3.76. The fraction of sp³-hybridized carbons (Fsp3) is 0.286. The minimum absolute atomic E-state index is 0.114. The number of amides is 1. The average molecular weight is 333 g/mol. The van der Waals surface area contributed by atoms with E-state index in [-0.39, 0.29) is 5.91 Å². The molecule has 128 valence electrons. The van der Waals surface area contributed by atoms with Gasteiger partial charge in [0.25, 0.3) is 5.91 Å². The summed E-state index contributed by atoms with van der Waals surface area (Å²) in [6.45, 7) is 5.11. The molecule has 1 amide bonds. The smallest absolute Gasteiger partial charge is 0.270 e. The van der Waals surface area contributed by atoms with Gasteiger partial charge >= 0.3 is 0 Å². The maximum Gasteiger partial charge on any atom is 0.270 e. The second kappa shape index (κ2) is 6.28. The maximum absolute atomic E-state index is 13.3. The third-order valence-electron chi connectivity index (χ3n) is 5.10. The highest BCUT2D eigenvalue weighted by molar-refractivity contribution is 5.99. The van der Waals surface area contributed by atoms with Crippen LogP contribution >= 0.6 is 0 Å². The number of anilines is 1. The molecule has 0 unspecified atom stereocenters. The van der Waals surface area contributed by atoms with Gasteiger partial charge in [0.15, 0.2) is 0 Å². The Kier molecular flexibility index (Phi) is 3.96. The number of nitrogens with zero attached hydrogens (tertiary/aromatic N) is 3. The predicted octanol–water partition coefficient (Wildman–Crippen LogP) is 3.75. The molecule has 0 saturated carbocycles. The van der Waals surface area contributed by atoms with Crippen LogP contribution in [-0.2, 0) is 13.1 Å². The molecule has 2 heterocycles. The van der Waals surface area contributed by atoms with Crippen LogP contribution in [0.4, 0.5) is 5.69 Å². The first-order valence-corrected chi connectivity index (χ1v) is 8.85. The summed E-state index contributed by atoms with van der Waals surface area (Å²) in [7, 11) is 2.09. The van der Waals surface area contributed by atoms with Crippen LogP contribution in [0.3, 0.4) is 0 Å². The minimum Gasteiger partial charge on any atom is -0.373 e. The summed E-state index contributed by atoms with van der Waals surface area (Å²) < 4.78 is 2.12. The van der Waals surface area contributed by atoms with E-state index in [0.717, 1.165) is 36.2 Å². The molecule has 0 fully saturated rings. The van der Waals surface area contributed by atoms with Crippen molar-refractivity contribution in [3.63, 3.8) is 0 Å². The molecule has 0 radical (unpaired) electrons. The first-order chi connectivity index (χ1) is 12.2. The highest BCUT2D eigenvalue weighted by atomic mass is 16.2. The quantitative estimate of drug-likeness (QED) is 0.714. The van der Waals surface area contributed by atoms with Gasteiger partial charge in [-0.2, -0.15) is 0 Å². The number of benzene rings is 2. The Labute approximate surface area is 148 Å². The first-order valence-electron chi connectivity index (χ1n) is 8.85. The van der Waals surface area contributed by atoms with Gasteiger partial charge in [-0.15, -0.1) is 0 Å². The molecule has 4 rings (SSSR count). The molecule has 3 aromatic rings. The van der Waals surface area contributed by atoms with Crippen molar-refractivity contribution in [2.45, 2.75) is 20.0 Å². The largest absolute Gasteiger partial charge is 0.373 e. The van der Waals surface area contributed by atoms with Crippen molar-refractivity contribution < 1.29 is 4.79 Å². The van der Waals surface area contributed by atoms with Gasteiger partial charge < -0.3 is 14.4 Å². The zero-order valence-electron chi connectivity index (χ0n) is 14.8. The lowest BCUT2D eigenvalue weighted by Gasteiger charge is -2.22. The van der Waals surface area contributed by atoms with Gasteiger partial charge in [-0.05, 0) is 30.7 Å². The zero-order chi connectivity index (χ0) is 17.4. The SMILES string of the molecule is CCn1c(C(=O)N2CCN(C)c3ccccc3C2)cc2ccccc21. The highest BCUT2D eigenvalue weighted by Gasteiger charge is 2.24. The molecule has 2 aromatic carbocycles. The molecule has 0 spiro atoms. The molecule has 0 aliphatic carbocycles. The fourth-order valence-corrected chi connectivity index (χ4v) is 3.76. The second-order valence-electron chi connectivity index (χ2n) is 6.61. The molecule has 1 aliphatic heterocycles. The number of likely N-dealkylation sites (N-methyl/N-ethyl adjacent to an activating group) is 1. The number of rotatable bonds is 2. The zero-order valence-corrected chi connectivity index (χ0v) is 14.8. The number of hydrogen-bond acceptors (Lipinski definition) is 2. The van der Waals surface area contributed by atoms with Crippen LogP contribution < -0.4 is 4.90 Å². The summed E-state index contributed by atoms with van der Waals surface area (Å²) in [5, 5.41) is 1.13. The van der Waals surface area contributed by atoms with Gasteiger partial charge in [-0.1, -0.05) is 36.4 Å². The van der Waals surface area contributed by atoms with E-state index in [1.165, 1.54) is 11.3 Å². The summed E-state index contributed by atoms with van der Waals surface area (Å²) in [4.78, 5) is 17.5. The number of carbonyl (C=O) groups excluding carboxylic acids is 1. The van der Waals surface area contributed by atoms with E-state index >= 15 is 0 Å². The number of hydrogen-bond donors (Lipinski definition) is 0. The lowest BCUT2D eigenvalue weighted by atomic mass is 10.1. The normalized spacial score (nSPS) is 14.5. The molecule has 25 heavy (non-hydrogen) atoms. The maximum atomic E-state index is 13.3.